The minimum Gasteiger partial charge on any atom is -0.349 e. The highest BCUT2D eigenvalue weighted by molar-refractivity contribution is 5.93. The van der Waals surface area contributed by atoms with Gasteiger partial charge in [-0.2, -0.15) is 5.10 Å². The molecule has 0 radical (unpaired) electrons. The molecule has 0 aliphatic carbocycles. The van der Waals surface area contributed by atoms with E-state index in [1.165, 1.54) is 6.42 Å². The Morgan fingerprint density at radius 3 is 2.47 bits per heavy atom. The molecule has 1 unspecified atom stereocenters. The third-order valence-electron chi connectivity index (χ3n) is 6.20. The lowest BCUT2D eigenvalue weighted by molar-refractivity contribution is 0.0936. The Morgan fingerprint density at radius 1 is 1.03 bits per heavy atom. The van der Waals surface area contributed by atoms with Crippen molar-refractivity contribution >= 4 is 11.6 Å². The summed E-state index contributed by atoms with van der Waals surface area (Å²) in [5.41, 5.74) is 4.86. The third kappa shape index (κ3) is 4.01. The first kappa shape index (κ1) is 20.4. The number of aromatic nitrogens is 3. The van der Waals surface area contributed by atoms with Gasteiger partial charge in [0.15, 0.2) is 11.3 Å². The highest BCUT2D eigenvalue weighted by Crippen LogP contribution is 2.26. The van der Waals surface area contributed by atoms with Crippen LogP contribution in [0.4, 0.5) is 0 Å². The molecule has 4 aromatic rings. The van der Waals surface area contributed by atoms with Crippen molar-refractivity contribution < 1.29 is 4.79 Å². The Kier molecular flexibility index (Phi) is 5.69. The number of rotatable bonds is 6. The number of benzene rings is 2. The first-order valence-corrected chi connectivity index (χ1v) is 11.3. The molecule has 1 fully saturated rings. The molecule has 1 atom stereocenters. The summed E-state index contributed by atoms with van der Waals surface area (Å²) in [6, 6.07) is 24.4. The molecule has 3 heterocycles. The van der Waals surface area contributed by atoms with E-state index in [1.54, 1.807) is 10.6 Å². The van der Waals surface area contributed by atoms with Gasteiger partial charge in [-0.15, -0.1) is 0 Å². The molecule has 1 aliphatic rings. The van der Waals surface area contributed by atoms with E-state index in [9.17, 15) is 4.79 Å². The van der Waals surface area contributed by atoms with Crippen molar-refractivity contribution in [1.29, 1.82) is 0 Å². The Morgan fingerprint density at radius 2 is 1.75 bits per heavy atom. The lowest BCUT2D eigenvalue weighted by Gasteiger charge is -2.22. The van der Waals surface area contributed by atoms with Crippen LogP contribution < -0.4 is 5.32 Å². The largest absolute Gasteiger partial charge is 0.349 e. The molecule has 6 nitrogen and oxygen atoms in total. The number of carbonyl (C=O) groups excluding carboxylic acids is 1. The van der Waals surface area contributed by atoms with Crippen LogP contribution in [0.5, 0.6) is 0 Å². The van der Waals surface area contributed by atoms with Crippen LogP contribution in [0.15, 0.2) is 72.8 Å². The minimum atomic E-state index is -0.154. The van der Waals surface area contributed by atoms with Gasteiger partial charge in [-0.1, -0.05) is 67.6 Å². The zero-order valence-electron chi connectivity index (χ0n) is 18.2. The molecule has 0 saturated carbocycles. The molecule has 2 aromatic heterocycles. The number of likely N-dealkylation sites (N-methyl/N-ethyl adjacent to an activating group) is 1. The molecule has 1 amide bonds. The molecule has 0 spiro atoms. The topological polar surface area (TPSA) is 62.5 Å². The molecule has 1 N–H and O–H groups in total. The summed E-state index contributed by atoms with van der Waals surface area (Å²) in [7, 11) is 0. The van der Waals surface area contributed by atoms with E-state index in [4.69, 9.17) is 4.98 Å². The average molecular weight is 426 g/mol. The molecule has 32 heavy (non-hydrogen) atoms. The normalized spacial score (nSPS) is 16.5. The second-order valence-electron chi connectivity index (χ2n) is 8.19. The van der Waals surface area contributed by atoms with E-state index in [0.717, 1.165) is 42.0 Å². The van der Waals surface area contributed by atoms with E-state index in [0.29, 0.717) is 23.9 Å². The van der Waals surface area contributed by atoms with Crippen molar-refractivity contribution in [2.45, 2.75) is 25.8 Å². The quantitative estimate of drug-likeness (QED) is 0.501. The fourth-order valence-corrected chi connectivity index (χ4v) is 4.50. The Bertz CT molecular complexity index is 1220. The summed E-state index contributed by atoms with van der Waals surface area (Å²) in [6.07, 6.45) is 2.31. The molecule has 1 aliphatic heterocycles. The van der Waals surface area contributed by atoms with Gasteiger partial charge < -0.3 is 5.32 Å². The van der Waals surface area contributed by atoms with Gasteiger partial charge in [-0.05, 0) is 32.0 Å². The van der Waals surface area contributed by atoms with E-state index in [-0.39, 0.29) is 5.91 Å². The first-order chi connectivity index (χ1) is 15.7. The average Bonchev–Trinajstić information content (AvgIpc) is 3.49. The number of amides is 1. The van der Waals surface area contributed by atoms with Crippen molar-refractivity contribution in [3.05, 3.63) is 78.5 Å². The van der Waals surface area contributed by atoms with Crippen molar-refractivity contribution in [1.82, 2.24) is 24.8 Å². The molecule has 2 aromatic carbocycles. The SMILES string of the molecule is CCN1CCCC1CNC(=O)c1cc2nc(-c3ccccc3)cc(-c3ccccc3)n2n1. The maximum absolute atomic E-state index is 12.9. The maximum Gasteiger partial charge on any atom is 0.271 e. The predicted octanol–water partition coefficient (Wildman–Crippen LogP) is 4.28. The van der Waals surface area contributed by atoms with Crippen molar-refractivity contribution in [2.24, 2.45) is 0 Å². The summed E-state index contributed by atoms with van der Waals surface area (Å²) in [6.45, 7) is 4.94. The van der Waals surface area contributed by atoms with Crippen LogP contribution in [0.1, 0.15) is 30.3 Å². The number of likely N-dealkylation sites (tertiary alicyclic amines) is 1. The molecule has 5 rings (SSSR count). The van der Waals surface area contributed by atoms with Gasteiger partial charge in [0.25, 0.3) is 5.91 Å². The van der Waals surface area contributed by atoms with Crippen LogP contribution in [0.3, 0.4) is 0 Å². The van der Waals surface area contributed by atoms with Crippen molar-refractivity contribution in [3.8, 4) is 22.5 Å². The highest BCUT2D eigenvalue weighted by Gasteiger charge is 2.24. The molecule has 0 bridgehead atoms. The van der Waals surface area contributed by atoms with E-state index < -0.39 is 0 Å². The van der Waals surface area contributed by atoms with Gasteiger partial charge in [0, 0.05) is 29.8 Å². The number of fused-ring (bicyclic) bond motifs is 1. The van der Waals surface area contributed by atoms with Crippen molar-refractivity contribution in [2.75, 3.05) is 19.6 Å². The predicted molar refractivity (Wildman–Crippen MR) is 126 cm³/mol. The van der Waals surface area contributed by atoms with Gasteiger partial charge in [0.05, 0.1) is 11.4 Å². The number of nitrogens with one attached hydrogen (secondary N) is 1. The van der Waals surface area contributed by atoms with Gasteiger partial charge in [-0.25, -0.2) is 9.50 Å². The first-order valence-electron chi connectivity index (χ1n) is 11.3. The standard InChI is InChI=1S/C26H27N5O/c1-2-30-15-9-14-21(30)18-27-26(32)23-17-25-28-22(19-10-5-3-6-11-19)16-24(31(25)29-23)20-12-7-4-8-13-20/h3-8,10-13,16-17,21H,2,9,14-15,18H2,1H3,(H,27,32). The van der Waals surface area contributed by atoms with Crippen LogP contribution in [-0.2, 0) is 0 Å². The van der Waals surface area contributed by atoms with Crippen LogP contribution in [0.2, 0.25) is 0 Å². The molecular weight excluding hydrogens is 398 g/mol. The zero-order valence-corrected chi connectivity index (χ0v) is 18.2. The highest BCUT2D eigenvalue weighted by atomic mass is 16.1. The van der Waals surface area contributed by atoms with Gasteiger partial charge in [0.2, 0.25) is 0 Å². The van der Waals surface area contributed by atoms with E-state index in [2.05, 4.69) is 22.2 Å². The monoisotopic (exact) mass is 425 g/mol. The van der Waals surface area contributed by atoms with Gasteiger partial charge in [-0.3, -0.25) is 9.69 Å². The van der Waals surface area contributed by atoms with Crippen molar-refractivity contribution in [3.63, 3.8) is 0 Å². The Balaban J connectivity index is 1.50. The van der Waals surface area contributed by atoms with Gasteiger partial charge >= 0.3 is 0 Å². The van der Waals surface area contributed by atoms with Crippen LogP contribution in [0, 0.1) is 0 Å². The van der Waals surface area contributed by atoms with Crippen LogP contribution in [-0.4, -0.2) is 51.1 Å². The molecule has 1 saturated heterocycles. The second kappa shape index (κ2) is 8.93. The number of hydrogen-bond donors (Lipinski definition) is 1. The zero-order chi connectivity index (χ0) is 21.9. The summed E-state index contributed by atoms with van der Waals surface area (Å²) in [4.78, 5) is 20.2. The summed E-state index contributed by atoms with van der Waals surface area (Å²) >= 11 is 0. The minimum absolute atomic E-state index is 0.154. The number of carbonyl (C=O) groups is 1. The summed E-state index contributed by atoms with van der Waals surface area (Å²) in [5.74, 6) is -0.154. The number of hydrogen-bond acceptors (Lipinski definition) is 4. The molecule has 162 valence electrons. The maximum atomic E-state index is 12.9. The fourth-order valence-electron chi connectivity index (χ4n) is 4.50. The second-order valence-corrected chi connectivity index (χ2v) is 8.19. The van der Waals surface area contributed by atoms with Crippen LogP contribution in [0.25, 0.3) is 28.2 Å². The van der Waals surface area contributed by atoms with E-state index >= 15 is 0 Å². The number of nitrogens with zero attached hydrogens (tertiary/aromatic N) is 4. The summed E-state index contributed by atoms with van der Waals surface area (Å²) < 4.78 is 1.77. The Labute approximate surface area is 187 Å². The van der Waals surface area contributed by atoms with E-state index in [1.807, 2.05) is 66.7 Å². The molecule has 6 heteroatoms. The lowest BCUT2D eigenvalue weighted by atomic mass is 10.1. The molecular formula is C26H27N5O. The third-order valence-corrected chi connectivity index (χ3v) is 6.20. The summed E-state index contributed by atoms with van der Waals surface area (Å²) in [5, 5.41) is 7.72. The van der Waals surface area contributed by atoms with Crippen LogP contribution >= 0.6 is 0 Å². The smallest absolute Gasteiger partial charge is 0.271 e. The fraction of sp³-hybridized carbons (Fsp3) is 0.269. The Hall–Kier alpha value is -3.51. The van der Waals surface area contributed by atoms with Gasteiger partial charge in [0.1, 0.15) is 0 Å². The lowest BCUT2D eigenvalue weighted by Crippen LogP contribution is -2.40.